The Bertz CT molecular complexity index is 3800. The van der Waals surface area contributed by atoms with Gasteiger partial charge in [0.15, 0.2) is 0 Å². The number of nitrogens with zero attached hydrogens (tertiary/aromatic N) is 6. The van der Waals surface area contributed by atoms with Crippen LogP contribution in [0, 0.1) is 0 Å². The number of benzene rings is 7. The SMILES string of the molecule is COc1ccc(-c2c(CO)n(C)c3c(-c4ccccc4)c(-c4ccccc4)nn3c2=O)cc1.COc1ccc(-c2c(COCc3ccccc3)n(C)c3c(-c4ccccc4)c(-c4ccccc4)nn3c2=O)cc1. The molecule has 0 amide bonds. The largest absolute Gasteiger partial charge is 0.497 e. The van der Waals surface area contributed by atoms with Gasteiger partial charge in [0.25, 0.3) is 11.1 Å². The maximum absolute atomic E-state index is 14.3. The predicted molar refractivity (Wildman–Crippen MR) is 287 cm³/mol. The van der Waals surface area contributed by atoms with E-state index in [2.05, 4.69) is 12.1 Å². The van der Waals surface area contributed by atoms with Crippen LogP contribution in [0.25, 0.3) is 78.3 Å². The van der Waals surface area contributed by atoms with Crippen molar-refractivity contribution in [1.29, 1.82) is 0 Å². The van der Waals surface area contributed by atoms with Gasteiger partial charge in [-0.2, -0.15) is 19.2 Å². The zero-order valence-corrected chi connectivity index (χ0v) is 40.8. The first-order valence-electron chi connectivity index (χ1n) is 23.8. The summed E-state index contributed by atoms with van der Waals surface area (Å²) in [7, 11) is 7.06. The first-order chi connectivity index (χ1) is 35.8. The van der Waals surface area contributed by atoms with Crippen LogP contribution < -0.4 is 20.6 Å². The lowest BCUT2D eigenvalue weighted by Crippen LogP contribution is -2.24. The van der Waals surface area contributed by atoms with Crippen LogP contribution in [0.15, 0.2) is 210 Å². The van der Waals surface area contributed by atoms with Crippen LogP contribution in [0.4, 0.5) is 0 Å². The third-order valence-electron chi connectivity index (χ3n) is 13.0. The summed E-state index contributed by atoms with van der Waals surface area (Å²) in [6, 6.07) is 64.6. The Kier molecular flexibility index (Phi) is 13.7. The molecule has 0 radical (unpaired) electrons. The van der Waals surface area contributed by atoms with Gasteiger partial charge in [0.1, 0.15) is 34.2 Å². The first-order valence-corrected chi connectivity index (χ1v) is 23.8. The maximum Gasteiger partial charge on any atom is 0.282 e. The van der Waals surface area contributed by atoms with Gasteiger partial charge in [-0.3, -0.25) is 9.59 Å². The Morgan fingerprint density at radius 2 is 0.753 bits per heavy atom. The van der Waals surface area contributed by atoms with Gasteiger partial charge in [0, 0.05) is 25.2 Å². The summed E-state index contributed by atoms with van der Waals surface area (Å²) in [5.74, 6) is 1.42. The molecule has 0 unspecified atom stereocenters. The molecule has 0 atom stereocenters. The van der Waals surface area contributed by atoms with Gasteiger partial charge in [-0.05, 0) is 52.1 Å². The van der Waals surface area contributed by atoms with Crippen LogP contribution in [0.3, 0.4) is 0 Å². The normalized spacial score (nSPS) is 11.1. The number of hydrogen-bond acceptors (Lipinski definition) is 8. The molecule has 0 saturated carbocycles. The number of aromatic nitrogens is 6. The Balaban J connectivity index is 0.000000171. The fourth-order valence-corrected chi connectivity index (χ4v) is 9.40. The van der Waals surface area contributed by atoms with Crippen molar-refractivity contribution in [3.63, 3.8) is 0 Å². The highest BCUT2D eigenvalue weighted by Crippen LogP contribution is 2.38. The fraction of sp³-hybridized carbons (Fsp3) is 0.115. The summed E-state index contributed by atoms with van der Waals surface area (Å²) in [5.41, 5.74) is 12.7. The molecule has 12 heteroatoms. The minimum Gasteiger partial charge on any atom is -0.497 e. The summed E-state index contributed by atoms with van der Waals surface area (Å²) in [5, 5.41) is 20.0. The zero-order chi connectivity index (χ0) is 50.4. The van der Waals surface area contributed by atoms with Crippen LogP contribution in [-0.4, -0.2) is 47.7 Å². The van der Waals surface area contributed by atoms with Gasteiger partial charge < -0.3 is 28.5 Å². The molecule has 4 aromatic heterocycles. The van der Waals surface area contributed by atoms with E-state index < -0.39 is 0 Å². The molecule has 4 heterocycles. The van der Waals surface area contributed by atoms with E-state index in [9.17, 15) is 14.7 Å². The molecule has 1 N–H and O–H groups in total. The van der Waals surface area contributed by atoms with E-state index in [1.807, 2.05) is 199 Å². The van der Waals surface area contributed by atoms with E-state index in [-0.39, 0.29) is 24.3 Å². The smallest absolute Gasteiger partial charge is 0.282 e. The van der Waals surface area contributed by atoms with Crippen molar-refractivity contribution in [3.05, 3.63) is 238 Å². The van der Waals surface area contributed by atoms with Crippen molar-refractivity contribution < 1.29 is 19.3 Å². The number of methoxy groups -OCH3 is 2. The topological polar surface area (TPSA) is 127 Å². The second kappa shape index (κ2) is 21.1. The van der Waals surface area contributed by atoms with Crippen molar-refractivity contribution in [3.8, 4) is 78.5 Å². The van der Waals surface area contributed by atoms with Gasteiger partial charge in [0.2, 0.25) is 0 Å². The molecular weight excluding hydrogens is 913 g/mol. The molecule has 0 spiro atoms. The number of hydrogen-bond donors (Lipinski definition) is 1. The molecule has 0 aliphatic heterocycles. The van der Waals surface area contributed by atoms with E-state index in [1.165, 1.54) is 9.03 Å². The molecule has 12 nitrogen and oxygen atoms in total. The number of rotatable bonds is 13. The van der Waals surface area contributed by atoms with Crippen LogP contribution >= 0.6 is 0 Å². The molecule has 0 aliphatic rings. The Labute approximate surface area is 421 Å². The molecule has 11 rings (SSSR count). The second-order valence-corrected chi connectivity index (χ2v) is 17.3. The summed E-state index contributed by atoms with van der Waals surface area (Å²) in [6.07, 6.45) is 0. The molecule has 7 aromatic carbocycles. The lowest BCUT2D eigenvalue weighted by molar-refractivity contribution is 0.103. The van der Waals surface area contributed by atoms with Gasteiger partial charge in [-0.25, -0.2) is 0 Å². The summed E-state index contributed by atoms with van der Waals surface area (Å²) in [4.78, 5) is 28.1. The van der Waals surface area contributed by atoms with Crippen LogP contribution in [0.1, 0.15) is 17.0 Å². The number of fused-ring (bicyclic) bond motifs is 2. The highest BCUT2D eigenvalue weighted by molar-refractivity contribution is 5.92. The molecule has 362 valence electrons. The fourth-order valence-electron chi connectivity index (χ4n) is 9.40. The lowest BCUT2D eigenvalue weighted by Gasteiger charge is -2.17. The number of aliphatic hydroxyl groups excluding tert-OH is 1. The van der Waals surface area contributed by atoms with Crippen LogP contribution in [0.2, 0.25) is 0 Å². The lowest BCUT2D eigenvalue weighted by atomic mass is 10.0. The van der Waals surface area contributed by atoms with E-state index in [0.717, 1.165) is 61.6 Å². The van der Waals surface area contributed by atoms with Crippen molar-refractivity contribution in [2.24, 2.45) is 14.1 Å². The van der Waals surface area contributed by atoms with Gasteiger partial charge >= 0.3 is 0 Å². The third-order valence-corrected chi connectivity index (χ3v) is 13.0. The molecule has 0 bridgehead atoms. The molecular formula is C61H52N6O6. The van der Waals surface area contributed by atoms with Crippen molar-refractivity contribution >= 4 is 11.3 Å². The Morgan fingerprint density at radius 1 is 0.411 bits per heavy atom. The average Bonchev–Trinajstić information content (AvgIpc) is 4.07. The van der Waals surface area contributed by atoms with Crippen molar-refractivity contribution in [1.82, 2.24) is 28.4 Å². The highest BCUT2D eigenvalue weighted by Gasteiger charge is 2.27. The quantitative estimate of drug-likeness (QED) is 0.121. The van der Waals surface area contributed by atoms with Crippen molar-refractivity contribution in [2.75, 3.05) is 14.2 Å². The van der Waals surface area contributed by atoms with Gasteiger partial charge in [-0.1, -0.05) is 176 Å². The van der Waals surface area contributed by atoms with E-state index >= 15 is 0 Å². The number of aryl methyl sites for hydroxylation is 2. The summed E-state index contributed by atoms with van der Waals surface area (Å²) >= 11 is 0. The Morgan fingerprint density at radius 3 is 1.14 bits per heavy atom. The summed E-state index contributed by atoms with van der Waals surface area (Å²) < 4.78 is 23.7. The molecule has 73 heavy (non-hydrogen) atoms. The Hall–Kier alpha value is -9.10. The number of ether oxygens (including phenoxy) is 3. The first kappa shape index (κ1) is 47.6. The third kappa shape index (κ3) is 9.24. The van der Waals surface area contributed by atoms with Crippen molar-refractivity contribution in [2.45, 2.75) is 19.8 Å². The van der Waals surface area contributed by atoms with E-state index in [0.29, 0.717) is 51.7 Å². The monoisotopic (exact) mass is 964 g/mol. The average molecular weight is 965 g/mol. The predicted octanol–water partition coefficient (Wildman–Crippen LogP) is 11.3. The standard InChI is InChI=1S/C34H29N3O3.C27H23N3O3/c1-36-29(23-40-22-24-12-6-3-7-13-24)30(26-18-20-28(39-2)21-19-26)34(38)37-33(36)31(25-14-8-4-9-15-25)32(35-37)27-16-10-5-11-17-27;1-29-22(17-31)23(19-13-15-21(33-2)16-14-19)27(32)30-26(29)24(18-9-5-3-6-10-18)25(28-30)20-11-7-4-8-12-20/h3-21H,22-23H2,1-2H3;3-16,31H,17H2,1-2H3. The summed E-state index contributed by atoms with van der Waals surface area (Å²) in [6.45, 7) is 0.393. The maximum atomic E-state index is 14.3. The van der Waals surface area contributed by atoms with Gasteiger partial charge in [0.05, 0.1) is 67.7 Å². The van der Waals surface area contributed by atoms with E-state index in [1.54, 1.807) is 26.4 Å². The van der Waals surface area contributed by atoms with Crippen LogP contribution in [-0.2, 0) is 38.7 Å². The minimum absolute atomic E-state index is 0.198. The minimum atomic E-state index is -0.288. The molecule has 0 saturated heterocycles. The number of aliphatic hydroxyl groups is 1. The molecule has 11 aromatic rings. The highest BCUT2D eigenvalue weighted by atomic mass is 16.5. The molecule has 0 aliphatic carbocycles. The van der Waals surface area contributed by atoms with E-state index in [4.69, 9.17) is 24.4 Å². The zero-order valence-electron chi connectivity index (χ0n) is 40.8. The molecule has 0 fully saturated rings. The van der Waals surface area contributed by atoms with Gasteiger partial charge in [-0.15, -0.1) is 0 Å². The van der Waals surface area contributed by atoms with Crippen LogP contribution in [0.5, 0.6) is 11.5 Å². The second-order valence-electron chi connectivity index (χ2n) is 17.3.